The molecule has 1 N–H and O–H groups in total. The van der Waals surface area contributed by atoms with Crippen molar-refractivity contribution in [1.82, 2.24) is 4.90 Å². The van der Waals surface area contributed by atoms with Crippen molar-refractivity contribution in [2.75, 3.05) is 26.5 Å². The van der Waals surface area contributed by atoms with E-state index in [-0.39, 0.29) is 26.8 Å². The predicted octanol–water partition coefficient (Wildman–Crippen LogP) is 3.51. The second-order valence-electron chi connectivity index (χ2n) is 8.76. The van der Waals surface area contributed by atoms with Crippen molar-refractivity contribution in [2.24, 2.45) is 0 Å². The zero-order chi connectivity index (χ0) is 21.4. The van der Waals surface area contributed by atoms with Gasteiger partial charge in [-0.2, -0.15) is 0 Å². The summed E-state index contributed by atoms with van der Waals surface area (Å²) in [6.45, 7) is 6.82. The van der Waals surface area contributed by atoms with E-state index in [0.717, 1.165) is 11.1 Å². The number of rotatable bonds is 5. The van der Waals surface area contributed by atoms with E-state index in [1.807, 2.05) is 36.1 Å². The molecule has 2 heterocycles. The van der Waals surface area contributed by atoms with Gasteiger partial charge in [0.05, 0.1) is 12.1 Å². The minimum atomic E-state index is -0.913. The van der Waals surface area contributed by atoms with Crippen LogP contribution in [0.15, 0.2) is 48.5 Å². The number of ether oxygens (including phenoxy) is 3. The van der Waals surface area contributed by atoms with Gasteiger partial charge in [0.15, 0.2) is 0 Å². The lowest BCUT2D eigenvalue weighted by atomic mass is 9.82. The van der Waals surface area contributed by atoms with E-state index < -0.39 is 11.2 Å². The molecule has 0 aromatic heterocycles. The highest BCUT2D eigenvalue weighted by Gasteiger charge is 2.51. The Morgan fingerprint density at radius 2 is 2.07 bits per heavy atom. The highest BCUT2D eigenvalue weighted by atomic mass is 16.7. The van der Waals surface area contributed by atoms with Gasteiger partial charge in [0, 0.05) is 20.0 Å². The number of aryl methyl sites for hydroxylation is 1. The van der Waals surface area contributed by atoms with Gasteiger partial charge < -0.3 is 24.2 Å². The number of amides is 1. The van der Waals surface area contributed by atoms with Gasteiger partial charge in [0.25, 0.3) is 5.91 Å². The molecule has 4 rings (SSSR count). The Morgan fingerprint density at radius 1 is 1.30 bits per heavy atom. The van der Waals surface area contributed by atoms with Crippen molar-refractivity contribution >= 4 is 5.91 Å². The van der Waals surface area contributed by atoms with Crippen LogP contribution in [0.2, 0.25) is 0 Å². The molecule has 2 atom stereocenters. The monoisotopic (exact) mass is 413 g/mol. The van der Waals surface area contributed by atoms with Crippen LogP contribution in [0.3, 0.4) is 0 Å². The molecule has 6 heteroatoms. The van der Waals surface area contributed by atoms with Crippen LogP contribution in [0.1, 0.15) is 43.2 Å². The van der Waals surface area contributed by atoms with Gasteiger partial charge in [0.2, 0.25) is 0 Å². The number of hydrogen-bond donors (Lipinski definition) is 1. The third-order valence-corrected chi connectivity index (χ3v) is 5.80. The summed E-state index contributed by atoms with van der Waals surface area (Å²) in [5.41, 5.74) is 1.19. The first kappa shape index (κ1) is 20.8. The number of aliphatic hydroxyl groups is 1. The molecule has 0 bridgehead atoms. The molecule has 0 aliphatic carbocycles. The highest BCUT2D eigenvalue weighted by Crippen LogP contribution is 2.42. The second kappa shape index (κ2) is 8.02. The Balaban J connectivity index is 0.00000272. The first-order valence-electron chi connectivity index (χ1n) is 10.3. The number of likely N-dealkylation sites (tertiary alicyclic amines) is 1. The quantitative estimate of drug-likeness (QED) is 0.813. The molecule has 30 heavy (non-hydrogen) atoms. The molecule has 0 radical (unpaired) electrons. The second-order valence-corrected chi connectivity index (χ2v) is 8.76. The zero-order valence-corrected chi connectivity index (χ0v) is 17.8. The number of carbonyl (C=O) groups is 1. The van der Waals surface area contributed by atoms with Crippen LogP contribution >= 0.6 is 0 Å². The maximum atomic E-state index is 13.2. The molecule has 0 saturated carbocycles. The molecule has 2 unspecified atom stereocenters. The van der Waals surface area contributed by atoms with Gasteiger partial charge in [-0.15, -0.1) is 0 Å². The molecule has 2 aromatic carbocycles. The summed E-state index contributed by atoms with van der Waals surface area (Å²) < 4.78 is 17.6. The first-order valence-corrected chi connectivity index (χ1v) is 10.3. The minimum absolute atomic E-state index is 0. The zero-order valence-electron chi connectivity index (χ0n) is 17.8. The summed E-state index contributed by atoms with van der Waals surface area (Å²) in [4.78, 5) is 15.0. The number of nitrogens with zero attached hydrogens (tertiary/aromatic N) is 1. The molecule has 0 spiro atoms. The lowest BCUT2D eigenvalue weighted by molar-refractivity contribution is -0.0439. The van der Waals surface area contributed by atoms with E-state index in [2.05, 4.69) is 12.1 Å². The van der Waals surface area contributed by atoms with Crippen molar-refractivity contribution in [3.8, 4) is 5.75 Å². The molecular formula is C24H31NO5. The molecule has 2 aliphatic rings. The van der Waals surface area contributed by atoms with Gasteiger partial charge >= 0.3 is 0 Å². The molecule has 2 saturated heterocycles. The summed E-state index contributed by atoms with van der Waals surface area (Å²) in [6, 6.07) is 15.5. The highest BCUT2D eigenvalue weighted by molar-refractivity contribution is 5.94. The van der Waals surface area contributed by atoms with Crippen molar-refractivity contribution < 1.29 is 25.5 Å². The van der Waals surface area contributed by atoms with Gasteiger partial charge in [-0.25, -0.2) is 0 Å². The summed E-state index contributed by atoms with van der Waals surface area (Å²) >= 11 is 0. The number of fused-ring (bicyclic) bond motifs is 1. The Hall–Kier alpha value is -2.41. The largest absolute Gasteiger partial charge is 0.490 e. The molecule has 2 aliphatic heterocycles. The fourth-order valence-electron chi connectivity index (χ4n) is 4.17. The Bertz CT molecular complexity index is 914. The standard InChI is InChI=1S/C24H29NO5.H2/c1-17-13-18(9-10-20(17)28-15-23(2,3)27)22(26)25-12-11-24(19-7-5-4-6-8-19)21(14-25)29-16-30-24;/h4-10,13,21,27H,11-12,14-16H2,1-3H3;1H. The fraction of sp³-hybridized carbons (Fsp3) is 0.458. The van der Waals surface area contributed by atoms with Gasteiger partial charge in [-0.3, -0.25) is 4.79 Å². The van der Waals surface area contributed by atoms with Crippen molar-refractivity contribution in [3.63, 3.8) is 0 Å². The lowest BCUT2D eigenvalue weighted by Gasteiger charge is -2.42. The van der Waals surface area contributed by atoms with E-state index in [0.29, 0.717) is 30.8 Å². The van der Waals surface area contributed by atoms with Crippen LogP contribution in [-0.2, 0) is 15.1 Å². The third kappa shape index (κ3) is 4.08. The molecule has 1 amide bonds. The fourth-order valence-corrected chi connectivity index (χ4v) is 4.17. The maximum absolute atomic E-state index is 13.2. The predicted molar refractivity (Wildman–Crippen MR) is 115 cm³/mol. The van der Waals surface area contributed by atoms with E-state index in [4.69, 9.17) is 14.2 Å². The Morgan fingerprint density at radius 3 is 2.77 bits per heavy atom. The van der Waals surface area contributed by atoms with Crippen LogP contribution in [0, 0.1) is 6.92 Å². The van der Waals surface area contributed by atoms with Gasteiger partial charge in [0.1, 0.15) is 30.9 Å². The molecule has 162 valence electrons. The van der Waals surface area contributed by atoms with Gasteiger partial charge in [-0.05, 0) is 50.1 Å². The molecule has 2 fully saturated rings. The van der Waals surface area contributed by atoms with Crippen molar-refractivity contribution in [2.45, 2.75) is 44.5 Å². The topological polar surface area (TPSA) is 68.2 Å². The van der Waals surface area contributed by atoms with Gasteiger partial charge in [-0.1, -0.05) is 30.3 Å². The summed E-state index contributed by atoms with van der Waals surface area (Å²) in [5, 5.41) is 9.85. The average molecular weight is 414 g/mol. The number of piperidine rings is 1. The molecule has 2 aromatic rings. The van der Waals surface area contributed by atoms with E-state index in [1.165, 1.54) is 0 Å². The number of carbonyl (C=O) groups excluding carboxylic acids is 1. The van der Waals surface area contributed by atoms with E-state index in [1.54, 1.807) is 26.0 Å². The van der Waals surface area contributed by atoms with Crippen LogP contribution in [0.4, 0.5) is 0 Å². The average Bonchev–Trinajstić information content (AvgIpc) is 3.16. The normalized spacial score (nSPS) is 23.9. The molecule has 6 nitrogen and oxygen atoms in total. The van der Waals surface area contributed by atoms with E-state index in [9.17, 15) is 9.90 Å². The van der Waals surface area contributed by atoms with Crippen LogP contribution in [-0.4, -0.2) is 54.1 Å². The Labute approximate surface area is 178 Å². The van der Waals surface area contributed by atoms with Crippen LogP contribution in [0.5, 0.6) is 5.75 Å². The molecular weight excluding hydrogens is 382 g/mol. The number of hydrogen-bond acceptors (Lipinski definition) is 5. The van der Waals surface area contributed by atoms with Crippen LogP contribution < -0.4 is 4.74 Å². The van der Waals surface area contributed by atoms with Crippen LogP contribution in [0.25, 0.3) is 0 Å². The third-order valence-electron chi connectivity index (χ3n) is 5.80. The first-order chi connectivity index (χ1) is 14.3. The minimum Gasteiger partial charge on any atom is -0.490 e. The Kier molecular flexibility index (Phi) is 5.57. The number of benzene rings is 2. The lowest BCUT2D eigenvalue weighted by Crippen LogP contribution is -2.53. The van der Waals surface area contributed by atoms with E-state index >= 15 is 0 Å². The van der Waals surface area contributed by atoms with Crippen molar-refractivity contribution in [3.05, 3.63) is 65.2 Å². The summed E-state index contributed by atoms with van der Waals surface area (Å²) in [5.74, 6) is 0.646. The maximum Gasteiger partial charge on any atom is 0.253 e. The smallest absolute Gasteiger partial charge is 0.253 e. The summed E-state index contributed by atoms with van der Waals surface area (Å²) in [7, 11) is 0. The summed E-state index contributed by atoms with van der Waals surface area (Å²) in [6.07, 6.45) is 0.507. The SMILES string of the molecule is Cc1cc(C(=O)N2CCC3(c4ccccc4)OCOC3C2)ccc1OCC(C)(C)O.[HH]. The van der Waals surface area contributed by atoms with Crippen molar-refractivity contribution in [1.29, 1.82) is 0 Å².